The molecule has 0 spiro atoms. The molecule has 1 aliphatic heterocycles. The summed E-state index contributed by atoms with van der Waals surface area (Å²) in [5.41, 5.74) is 5.12. The third-order valence-electron chi connectivity index (χ3n) is 5.70. The normalized spacial score (nSPS) is 13.5. The quantitative estimate of drug-likeness (QED) is 0.394. The Morgan fingerprint density at radius 2 is 1.83 bits per heavy atom. The predicted octanol–water partition coefficient (Wildman–Crippen LogP) is 4.06. The topological polar surface area (TPSA) is 93.1 Å². The predicted molar refractivity (Wildman–Crippen MR) is 133 cm³/mol. The van der Waals surface area contributed by atoms with E-state index in [9.17, 15) is 9.59 Å². The molecular formula is C27H28N4O4. The molecule has 0 aliphatic carbocycles. The Morgan fingerprint density at radius 3 is 2.54 bits per heavy atom. The number of rotatable bonds is 8. The standard InChI is InChI=1S/C27H28N4O4/c1-34-25-17-21(18-29-30-26(32)23-7-3-4-14-28-23)10-13-24(25)35-19-20-8-11-22(12-9-20)27(33)31-15-5-2-6-16-31/h3-4,7-14,17-18H,2,5-6,15-16,19H2,1H3,(H,30,32)/b29-18-. The lowest BCUT2D eigenvalue weighted by Gasteiger charge is -2.26. The van der Waals surface area contributed by atoms with Crippen molar-refractivity contribution in [3.63, 3.8) is 0 Å². The highest BCUT2D eigenvalue weighted by molar-refractivity contribution is 5.94. The van der Waals surface area contributed by atoms with E-state index in [-0.39, 0.29) is 11.6 Å². The van der Waals surface area contributed by atoms with E-state index < -0.39 is 5.91 Å². The second kappa shape index (κ2) is 11.8. The Morgan fingerprint density at radius 1 is 1.03 bits per heavy atom. The van der Waals surface area contributed by atoms with Crippen molar-refractivity contribution in [2.75, 3.05) is 20.2 Å². The van der Waals surface area contributed by atoms with Gasteiger partial charge < -0.3 is 14.4 Å². The molecule has 35 heavy (non-hydrogen) atoms. The summed E-state index contributed by atoms with van der Waals surface area (Å²) in [6, 6.07) is 18.0. The van der Waals surface area contributed by atoms with Crippen molar-refractivity contribution in [1.82, 2.24) is 15.3 Å². The fourth-order valence-electron chi connectivity index (χ4n) is 3.79. The van der Waals surface area contributed by atoms with Crippen molar-refractivity contribution in [3.05, 3.63) is 89.2 Å². The van der Waals surface area contributed by atoms with Crippen LogP contribution in [0.2, 0.25) is 0 Å². The summed E-state index contributed by atoms with van der Waals surface area (Å²) < 4.78 is 11.4. The van der Waals surface area contributed by atoms with Crippen LogP contribution in [-0.2, 0) is 6.61 Å². The zero-order valence-corrected chi connectivity index (χ0v) is 19.6. The zero-order chi connectivity index (χ0) is 24.5. The number of aromatic nitrogens is 1. The van der Waals surface area contributed by atoms with Crippen LogP contribution in [0.3, 0.4) is 0 Å². The number of hydrogen-bond acceptors (Lipinski definition) is 6. The number of nitrogens with zero attached hydrogens (tertiary/aromatic N) is 3. The minimum Gasteiger partial charge on any atom is -0.493 e. The van der Waals surface area contributed by atoms with Crippen LogP contribution < -0.4 is 14.9 Å². The first-order chi connectivity index (χ1) is 17.1. The van der Waals surface area contributed by atoms with Gasteiger partial charge in [0.05, 0.1) is 13.3 Å². The third kappa shape index (κ3) is 6.44. The first-order valence-corrected chi connectivity index (χ1v) is 11.6. The van der Waals surface area contributed by atoms with Crippen LogP contribution in [0.5, 0.6) is 11.5 Å². The van der Waals surface area contributed by atoms with Crippen LogP contribution in [-0.4, -0.2) is 48.1 Å². The van der Waals surface area contributed by atoms with Crippen LogP contribution in [0, 0.1) is 0 Å². The van der Waals surface area contributed by atoms with Gasteiger partial charge in [0.2, 0.25) is 0 Å². The molecule has 1 aliphatic rings. The monoisotopic (exact) mass is 472 g/mol. The van der Waals surface area contributed by atoms with Crippen LogP contribution >= 0.6 is 0 Å². The molecular weight excluding hydrogens is 444 g/mol. The average Bonchev–Trinajstić information content (AvgIpc) is 2.93. The summed E-state index contributed by atoms with van der Waals surface area (Å²) in [6.45, 7) is 2.00. The molecule has 2 amide bonds. The van der Waals surface area contributed by atoms with E-state index >= 15 is 0 Å². The van der Waals surface area contributed by atoms with Gasteiger partial charge in [-0.25, -0.2) is 5.43 Å². The minimum absolute atomic E-state index is 0.0901. The van der Waals surface area contributed by atoms with E-state index in [0.717, 1.165) is 37.1 Å². The Balaban J connectivity index is 1.33. The summed E-state index contributed by atoms with van der Waals surface area (Å²) in [6.07, 6.45) is 6.41. The fraction of sp³-hybridized carbons (Fsp3) is 0.259. The Bertz CT molecular complexity index is 1170. The van der Waals surface area contributed by atoms with E-state index in [0.29, 0.717) is 23.7 Å². The van der Waals surface area contributed by atoms with Gasteiger partial charge in [0.15, 0.2) is 11.5 Å². The van der Waals surface area contributed by atoms with Crippen LogP contribution in [0.25, 0.3) is 0 Å². The van der Waals surface area contributed by atoms with Crippen molar-refractivity contribution in [3.8, 4) is 11.5 Å². The minimum atomic E-state index is -0.391. The highest BCUT2D eigenvalue weighted by atomic mass is 16.5. The average molecular weight is 473 g/mol. The molecule has 8 heteroatoms. The third-order valence-corrected chi connectivity index (χ3v) is 5.70. The Labute approximate surface area is 204 Å². The number of piperidine rings is 1. The largest absolute Gasteiger partial charge is 0.493 e. The Kier molecular flexibility index (Phi) is 8.06. The molecule has 2 heterocycles. The molecule has 0 saturated carbocycles. The molecule has 1 saturated heterocycles. The fourth-order valence-corrected chi connectivity index (χ4v) is 3.79. The Hall–Kier alpha value is -4.20. The highest BCUT2D eigenvalue weighted by Crippen LogP contribution is 2.28. The lowest BCUT2D eigenvalue weighted by molar-refractivity contribution is 0.0724. The highest BCUT2D eigenvalue weighted by Gasteiger charge is 2.18. The summed E-state index contributed by atoms with van der Waals surface area (Å²) in [5, 5.41) is 3.98. The van der Waals surface area contributed by atoms with Crippen LogP contribution in [0.15, 0.2) is 72.0 Å². The maximum atomic E-state index is 12.6. The molecule has 2 aromatic carbocycles. The summed E-state index contributed by atoms with van der Waals surface area (Å²) >= 11 is 0. The molecule has 1 fully saturated rings. The van der Waals surface area contributed by atoms with Crippen molar-refractivity contribution < 1.29 is 19.1 Å². The number of hydrogen-bond donors (Lipinski definition) is 1. The summed E-state index contributed by atoms with van der Waals surface area (Å²) in [4.78, 5) is 30.6. The van der Waals surface area contributed by atoms with Crippen molar-refractivity contribution in [1.29, 1.82) is 0 Å². The molecule has 180 valence electrons. The van der Waals surface area contributed by atoms with Gasteiger partial charge in [-0.1, -0.05) is 18.2 Å². The number of amides is 2. The van der Waals surface area contributed by atoms with Gasteiger partial charge in [-0.05, 0) is 72.9 Å². The van der Waals surface area contributed by atoms with Gasteiger partial charge >= 0.3 is 0 Å². The lowest BCUT2D eigenvalue weighted by Crippen LogP contribution is -2.35. The molecule has 1 aromatic heterocycles. The number of benzene rings is 2. The second-order valence-corrected chi connectivity index (χ2v) is 8.16. The number of ether oxygens (including phenoxy) is 2. The molecule has 8 nitrogen and oxygen atoms in total. The second-order valence-electron chi connectivity index (χ2n) is 8.16. The summed E-state index contributed by atoms with van der Waals surface area (Å²) in [7, 11) is 1.56. The number of methoxy groups -OCH3 is 1. The molecule has 3 aromatic rings. The maximum absolute atomic E-state index is 12.6. The van der Waals surface area contributed by atoms with Gasteiger partial charge in [-0.2, -0.15) is 5.10 Å². The van der Waals surface area contributed by atoms with Crippen molar-refractivity contribution >= 4 is 18.0 Å². The molecule has 0 bridgehead atoms. The number of likely N-dealkylation sites (tertiary alicyclic amines) is 1. The molecule has 4 rings (SSSR count). The van der Waals surface area contributed by atoms with Gasteiger partial charge in [0, 0.05) is 24.8 Å². The van der Waals surface area contributed by atoms with Gasteiger partial charge in [-0.3, -0.25) is 14.6 Å². The van der Waals surface area contributed by atoms with E-state index in [1.807, 2.05) is 35.2 Å². The lowest BCUT2D eigenvalue weighted by atomic mass is 10.1. The van der Waals surface area contributed by atoms with Crippen LogP contribution in [0.1, 0.15) is 51.2 Å². The van der Waals surface area contributed by atoms with E-state index in [2.05, 4.69) is 15.5 Å². The SMILES string of the molecule is COc1cc(/C=N\NC(=O)c2ccccn2)ccc1OCc1ccc(C(=O)N2CCCCC2)cc1. The maximum Gasteiger partial charge on any atom is 0.289 e. The van der Waals surface area contributed by atoms with Gasteiger partial charge in [-0.15, -0.1) is 0 Å². The number of pyridine rings is 1. The molecule has 0 atom stereocenters. The van der Waals surface area contributed by atoms with E-state index in [1.54, 1.807) is 43.6 Å². The van der Waals surface area contributed by atoms with Gasteiger partial charge in [0.1, 0.15) is 12.3 Å². The van der Waals surface area contributed by atoms with E-state index in [1.165, 1.54) is 12.6 Å². The van der Waals surface area contributed by atoms with E-state index in [4.69, 9.17) is 9.47 Å². The van der Waals surface area contributed by atoms with Crippen molar-refractivity contribution in [2.45, 2.75) is 25.9 Å². The number of carbonyl (C=O) groups is 2. The molecule has 1 N–H and O–H groups in total. The number of carbonyl (C=O) groups excluding carboxylic acids is 2. The smallest absolute Gasteiger partial charge is 0.289 e. The first kappa shape index (κ1) is 23.9. The van der Waals surface area contributed by atoms with Crippen LogP contribution in [0.4, 0.5) is 0 Å². The summed E-state index contributed by atoms with van der Waals surface area (Å²) in [5.74, 6) is 0.822. The first-order valence-electron chi connectivity index (χ1n) is 11.6. The number of nitrogens with one attached hydrogen (secondary N) is 1. The van der Waals surface area contributed by atoms with Gasteiger partial charge in [0.25, 0.3) is 11.8 Å². The number of hydrazone groups is 1. The zero-order valence-electron chi connectivity index (χ0n) is 19.6. The van der Waals surface area contributed by atoms with Crippen molar-refractivity contribution in [2.24, 2.45) is 5.10 Å². The molecule has 0 radical (unpaired) electrons. The molecule has 0 unspecified atom stereocenters.